The van der Waals surface area contributed by atoms with Crippen LogP contribution in [0.1, 0.15) is 20.8 Å². The Bertz CT molecular complexity index is 293. The van der Waals surface area contributed by atoms with E-state index in [1.54, 1.807) is 6.92 Å². The smallest absolute Gasteiger partial charge is 0.211 e. The zero-order valence-electron chi connectivity index (χ0n) is 10.2. The topological polar surface area (TPSA) is 82.6 Å². The SMILES string of the molecule is CCNC(=NCCNS(=O)(=O)CC)NCC. The Balaban J connectivity index is 3.95. The van der Waals surface area contributed by atoms with Gasteiger partial charge in [-0.3, -0.25) is 4.99 Å². The van der Waals surface area contributed by atoms with Crippen LogP contribution in [0.3, 0.4) is 0 Å². The van der Waals surface area contributed by atoms with E-state index in [0.717, 1.165) is 13.1 Å². The van der Waals surface area contributed by atoms with Gasteiger partial charge in [-0.1, -0.05) is 0 Å². The van der Waals surface area contributed by atoms with Gasteiger partial charge < -0.3 is 10.6 Å². The van der Waals surface area contributed by atoms with Crippen LogP contribution in [0.5, 0.6) is 0 Å². The van der Waals surface area contributed by atoms with Crippen LogP contribution in [-0.4, -0.2) is 46.3 Å². The molecule has 0 unspecified atom stereocenters. The molecule has 0 spiro atoms. The lowest BCUT2D eigenvalue weighted by Crippen LogP contribution is -2.38. The minimum Gasteiger partial charge on any atom is -0.357 e. The molecule has 0 amide bonds. The van der Waals surface area contributed by atoms with E-state index < -0.39 is 10.0 Å². The van der Waals surface area contributed by atoms with Crippen molar-refractivity contribution in [1.29, 1.82) is 0 Å². The number of nitrogens with one attached hydrogen (secondary N) is 3. The summed E-state index contributed by atoms with van der Waals surface area (Å²) in [7, 11) is -3.10. The molecule has 0 saturated carbocycles. The maximum atomic E-state index is 11.1. The van der Waals surface area contributed by atoms with Crippen LogP contribution in [0.2, 0.25) is 0 Å². The summed E-state index contributed by atoms with van der Waals surface area (Å²) in [5.41, 5.74) is 0. The van der Waals surface area contributed by atoms with Crippen molar-refractivity contribution in [2.75, 3.05) is 31.9 Å². The molecule has 96 valence electrons. The van der Waals surface area contributed by atoms with Crippen LogP contribution in [0, 0.1) is 0 Å². The fraction of sp³-hybridized carbons (Fsp3) is 0.889. The van der Waals surface area contributed by atoms with E-state index in [4.69, 9.17) is 0 Å². The van der Waals surface area contributed by atoms with Crippen molar-refractivity contribution in [2.24, 2.45) is 4.99 Å². The van der Waals surface area contributed by atoms with Gasteiger partial charge in [0.25, 0.3) is 0 Å². The Hall–Kier alpha value is -0.820. The molecule has 0 saturated heterocycles. The van der Waals surface area contributed by atoms with Crippen molar-refractivity contribution >= 4 is 16.0 Å². The molecule has 0 aromatic heterocycles. The van der Waals surface area contributed by atoms with Gasteiger partial charge in [0, 0.05) is 19.6 Å². The molecular weight excluding hydrogens is 228 g/mol. The lowest BCUT2D eigenvalue weighted by Gasteiger charge is -2.09. The Kier molecular flexibility index (Phi) is 7.92. The zero-order chi connectivity index (χ0) is 12.4. The van der Waals surface area contributed by atoms with Crippen LogP contribution in [0.25, 0.3) is 0 Å². The van der Waals surface area contributed by atoms with Crippen molar-refractivity contribution < 1.29 is 8.42 Å². The van der Waals surface area contributed by atoms with Gasteiger partial charge in [0.05, 0.1) is 12.3 Å². The number of rotatable bonds is 7. The Morgan fingerprint density at radius 3 is 2.12 bits per heavy atom. The number of aliphatic imine (C=N–C) groups is 1. The van der Waals surface area contributed by atoms with E-state index in [1.165, 1.54) is 0 Å². The summed E-state index contributed by atoms with van der Waals surface area (Å²) in [6.07, 6.45) is 0. The molecule has 3 N–H and O–H groups in total. The molecule has 0 aromatic carbocycles. The van der Waals surface area contributed by atoms with Crippen molar-refractivity contribution in [2.45, 2.75) is 20.8 Å². The first-order valence-corrected chi connectivity index (χ1v) is 7.20. The zero-order valence-corrected chi connectivity index (χ0v) is 11.0. The van der Waals surface area contributed by atoms with Crippen molar-refractivity contribution in [3.63, 3.8) is 0 Å². The summed E-state index contributed by atoms with van der Waals surface area (Å²) in [5, 5.41) is 6.11. The summed E-state index contributed by atoms with van der Waals surface area (Å²) in [4.78, 5) is 4.21. The fourth-order valence-corrected chi connectivity index (χ4v) is 1.59. The molecule has 6 nitrogen and oxygen atoms in total. The van der Waals surface area contributed by atoms with E-state index in [-0.39, 0.29) is 5.75 Å². The van der Waals surface area contributed by atoms with Crippen LogP contribution in [0.15, 0.2) is 4.99 Å². The number of sulfonamides is 1. The molecule has 7 heteroatoms. The number of guanidine groups is 1. The molecule has 0 rings (SSSR count). The molecule has 0 fully saturated rings. The molecule has 0 heterocycles. The maximum absolute atomic E-state index is 11.1. The molecule has 16 heavy (non-hydrogen) atoms. The molecule has 0 aliphatic heterocycles. The van der Waals surface area contributed by atoms with Gasteiger partial charge in [-0.15, -0.1) is 0 Å². The van der Waals surface area contributed by atoms with Crippen LogP contribution < -0.4 is 15.4 Å². The highest BCUT2D eigenvalue weighted by atomic mass is 32.2. The summed E-state index contributed by atoms with van der Waals surface area (Å²) >= 11 is 0. The molecular formula is C9H22N4O2S. The third-order valence-electron chi connectivity index (χ3n) is 1.77. The van der Waals surface area contributed by atoms with Gasteiger partial charge in [0.15, 0.2) is 5.96 Å². The van der Waals surface area contributed by atoms with Crippen LogP contribution in [0.4, 0.5) is 0 Å². The predicted octanol–water partition coefficient (Wildman–Crippen LogP) is -0.499. The second-order valence-corrected chi connectivity index (χ2v) is 5.18. The largest absolute Gasteiger partial charge is 0.357 e. The first-order valence-electron chi connectivity index (χ1n) is 5.55. The Morgan fingerprint density at radius 1 is 1.12 bits per heavy atom. The summed E-state index contributed by atoms with van der Waals surface area (Å²) in [6.45, 7) is 7.89. The minimum atomic E-state index is -3.10. The van der Waals surface area contributed by atoms with Crippen molar-refractivity contribution in [3.8, 4) is 0 Å². The van der Waals surface area contributed by atoms with Gasteiger partial charge in [0.1, 0.15) is 0 Å². The molecule has 0 aliphatic rings. The number of hydrogen-bond donors (Lipinski definition) is 3. The van der Waals surface area contributed by atoms with Gasteiger partial charge in [-0.25, -0.2) is 13.1 Å². The standard InChI is InChI=1S/C9H22N4O2S/c1-4-10-9(11-5-2)12-7-8-13-16(14,15)6-3/h13H,4-8H2,1-3H3,(H2,10,11,12). The monoisotopic (exact) mass is 250 g/mol. The van der Waals surface area contributed by atoms with E-state index in [9.17, 15) is 8.42 Å². The molecule has 0 aliphatic carbocycles. The summed E-state index contributed by atoms with van der Waals surface area (Å²) < 4.78 is 24.7. The van der Waals surface area contributed by atoms with Gasteiger partial charge in [-0.05, 0) is 20.8 Å². The van der Waals surface area contributed by atoms with E-state index in [2.05, 4.69) is 20.3 Å². The first kappa shape index (κ1) is 15.2. The van der Waals surface area contributed by atoms with Crippen LogP contribution >= 0.6 is 0 Å². The summed E-state index contributed by atoms with van der Waals surface area (Å²) in [5.74, 6) is 0.810. The highest BCUT2D eigenvalue weighted by Gasteiger charge is 2.03. The molecule has 0 atom stereocenters. The minimum absolute atomic E-state index is 0.101. The molecule has 0 radical (unpaired) electrons. The highest BCUT2D eigenvalue weighted by Crippen LogP contribution is 1.81. The van der Waals surface area contributed by atoms with Crippen molar-refractivity contribution in [3.05, 3.63) is 0 Å². The summed E-state index contributed by atoms with van der Waals surface area (Å²) in [6, 6.07) is 0. The molecule has 0 bridgehead atoms. The third kappa shape index (κ3) is 7.47. The first-order chi connectivity index (χ1) is 7.55. The predicted molar refractivity (Wildman–Crippen MR) is 67.1 cm³/mol. The lowest BCUT2D eigenvalue weighted by molar-refractivity contribution is 0.583. The number of hydrogen-bond acceptors (Lipinski definition) is 3. The normalized spacial score (nSPS) is 10.9. The average Bonchev–Trinajstić information content (AvgIpc) is 2.25. The average molecular weight is 250 g/mol. The quantitative estimate of drug-likeness (QED) is 0.323. The fourth-order valence-electron chi connectivity index (χ4n) is 0.980. The van der Waals surface area contributed by atoms with E-state index in [0.29, 0.717) is 19.0 Å². The number of nitrogens with zero attached hydrogens (tertiary/aromatic N) is 1. The van der Waals surface area contributed by atoms with Gasteiger partial charge in [-0.2, -0.15) is 0 Å². The third-order valence-corrected chi connectivity index (χ3v) is 3.18. The van der Waals surface area contributed by atoms with Crippen molar-refractivity contribution in [1.82, 2.24) is 15.4 Å². The maximum Gasteiger partial charge on any atom is 0.211 e. The Morgan fingerprint density at radius 2 is 1.69 bits per heavy atom. The highest BCUT2D eigenvalue weighted by molar-refractivity contribution is 7.89. The lowest BCUT2D eigenvalue weighted by atomic mass is 10.6. The Labute approximate surface area is 98.0 Å². The second kappa shape index (κ2) is 8.35. The van der Waals surface area contributed by atoms with Gasteiger partial charge in [0.2, 0.25) is 10.0 Å². The van der Waals surface area contributed by atoms with Crippen LogP contribution in [-0.2, 0) is 10.0 Å². The molecule has 0 aromatic rings. The van der Waals surface area contributed by atoms with Gasteiger partial charge >= 0.3 is 0 Å². The van der Waals surface area contributed by atoms with E-state index in [1.807, 2.05) is 13.8 Å². The second-order valence-electron chi connectivity index (χ2n) is 3.09. The van der Waals surface area contributed by atoms with E-state index >= 15 is 0 Å².